The first kappa shape index (κ1) is 11.2. The number of halogens is 2. The van der Waals surface area contributed by atoms with Gasteiger partial charge in [-0.3, -0.25) is 10.1 Å². The molecule has 1 atom stereocenters. The second kappa shape index (κ2) is 4.59. The number of alkyl halides is 1. The minimum Gasteiger partial charge on any atom is -0.387 e. The minimum absolute atomic E-state index is 0.0640. The monoisotopic (exact) mass is 235 g/mol. The van der Waals surface area contributed by atoms with Crippen molar-refractivity contribution in [1.82, 2.24) is 0 Å². The van der Waals surface area contributed by atoms with Crippen LogP contribution >= 0.6 is 23.2 Å². The normalized spacial score (nSPS) is 12.5. The average molecular weight is 236 g/mol. The Balaban J connectivity index is 3.29. The third-order valence-corrected chi connectivity index (χ3v) is 2.33. The van der Waals surface area contributed by atoms with Gasteiger partial charge in [0.15, 0.2) is 0 Å². The van der Waals surface area contributed by atoms with Gasteiger partial charge in [-0.2, -0.15) is 0 Å². The summed E-state index contributed by atoms with van der Waals surface area (Å²) in [5, 5.41) is 20.2. The van der Waals surface area contributed by atoms with Crippen LogP contribution in [0.2, 0.25) is 5.02 Å². The maximum Gasteiger partial charge on any atom is 0.276 e. The maximum absolute atomic E-state index is 10.6. The third kappa shape index (κ3) is 2.15. The Morgan fingerprint density at radius 1 is 1.57 bits per heavy atom. The van der Waals surface area contributed by atoms with Crippen LogP contribution in [0.4, 0.5) is 5.69 Å². The molecule has 1 aromatic rings. The maximum atomic E-state index is 10.6. The van der Waals surface area contributed by atoms with E-state index >= 15 is 0 Å². The van der Waals surface area contributed by atoms with Crippen molar-refractivity contribution in [2.45, 2.75) is 6.10 Å². The smallest absolute Gasteiger partial charge is 0.276 e. The van der Waals surface area contributed by atoms with Crippen molar-refractivity contribution in [3.8, 4) is 0 Å². The second-order valence-corrected chi connectivity index (χ2v) is 3.32. The van der Waals surface area contributed by atoms with Crippen LogP contribution < -0.4 is 0 Å². The van der Waals surface area contributed by atoms with Gasteiger partial charge in [-0.1, -0.05) is 17.7 Å². The van der Waals surface area contributed by atoms with E-state index in [0.29, 0.717) is 0 Å². The molecule has 0 bridgehead atoms. The fourth-order valence-electron chi connectivity index (χ4n) is 1.09. The molecular formula is C8H7Cl2NO3. The number of nitro benzene ring substituents is 1. The molecular weight excluding hydrogens is 229 g/mol. The van der Waals surface area contributed by atoms with E-state index in [9.17, 15) is 15.2 Å². The number of benzene rings is 1. The quantitative estimate of drug-likeness (QED) is 0.498. The summed E-state index contributed by atoms with van der Waals surface area (Å²) in [5.74, 6) is -0.134. The SMILES string of the molecule is O=[N+]([O-])c1cccc(Cl)c1C(O)CCl. The minimum atomic E-state index is -1.12. The molecule has 0 aromatic heterocycles. The Hall–Kier alpha value is -0.840. The van der Waals surface area contributed by atoms with Crippen molar-refractivity contribution in [1.29, 1.82) is 0 Å². The molecule has 14 heavy (non-hydrogen) atoms. The molecule has 6 heteroatoms. The highest BCUT2D eigenvalue weighted by Gasteiger charge is 2.22. The highest BCUT2D eigenvalue weighted by molar-refractivity contribution is 6.31. The lowest BCUT2D eigenvalue weighted by Crippen LogP contribution is -2.04. The van der Waals surface area contributed by atoms with E-state index in [4.69, 9.17) is 23.2 Å². The molecule has 0 heterocycles. The molecule has 0 amide bonds. The number of aliphatic hydroxyl groups excluding tert-OH is 1. The number of hydrogen-bond donors (Lipinski definition) is 1. The van der Waals surface area contributed by atoms with Crippen molar-refractivity contribution in [2.75, 3.05) is 5.88 Å². The van der Waals surface area contributed by atoms with Gasteiger partial charge in [-0.05, 0) is 6.07 Å². The van der Waals surface area contributed by atoms with Crippen LogP contribution in [0.3, 0.4) is 0 Å². The number of nitro groups is 1. The summed E-state index contributed by atoms with van der Waals surface area (Å²) < 4.78 is 0. The molecule has 1 aromatic carbocycles. The highest BCUT2D eigenvalue weighted by Crippen LogP contribution is 2.32. The van der Waals surface area contributed by atoms with Crippen LogP contribution in [0.1, 0.15) is 11.7 Å². The molecule has 4 nitrogen and oxygen atoms in total. The van der Waals surface area contributed by atoms with Gasteiger partial charge in [0.05, 0.1) is 21.4 Å². The van der Waals surface area contributed by atoms with Crippen molar-refractivity contribution >= 4 is 28.9 Å². The fourth-order valence-corrected chi connectivity index (χ4v) is 1.54. The topological polar surface area (TPSA) is 63.4 Å². The standard InChI is InChI=1S/C8H7Cl2NO3/c9-4-7(12)8-5(10)2-1-3-6(8)11(13)14/h1-3,7,12H,4H2. The van der Waals surface area contributed by atoms with Gasteiger partial charge in [0.2, 0.25) is 0 Å². The summed E-state index contributed by atoms with van der Waals surface area (Å²) in [6, 6.07) is 4.20. The predicted molar refractivity (Wildman–Crippen MR) is 53.8 cm³/mol. The Labute approximate surface area is 90.2 Å². The summed E-state index contributed by atoms with van der Waals surface area (Å²) in [5.41, 5.74) is -0.153. The number of hydrogen-bond acceptors (Lipinski definition) is 3. The molecule has 0 saturated carbocycles. The third-order valence-electron chi connectivity index (χ3n) is 1.71. The first-order valence-electron chi connectivity index (χ1n) is 3.74. The van der Waals surface area contributed by atoms with E-state index in [-0.39, 0.29) is 22.2 Å². The largest absolute Gasteiger partial charge is 0.387 e. The van der Waals surface area contributed by atoms with Gasteiger partial charge >= 0.3 is 0 Å². The van der Waals surface area contributed by atoms with Crippen LogP contribution in [0.5, 0.6) is 0 Å². The summed E-state index contributed by atoms with van der Waals surface area (Å²) in [6.45, 7) is 0. The molecule has 76 valence electrons. The van der Waals surface area contributed by atoms with Crippen LogP contribution in [-0.2, 0) is 0 Å². The molecule has 1 N–H and O–H groups in total. The molecule has 0 spiro atoms. The van der Waals surface area contributed by atoms with Crippen LogP contribution in [0.25, 0.3) is 0 Å². The second-order valence-electron chi connectivity index (χ2n) is 2.60. The Morgan fingerprint density at radius 2 is 2.21 bits per heavy atom. The van der Waals surface area contributed by atoms with Crippen molar-refractivity contribution in [3.05, 3.63) is 38.9 Å². The van der Waals surface area contributed by atoms with Crippen LogP contribution in [-0.4, -0.2) is 15.9 Å². The van der Waals surface area contributed by atoms with Gasteiger partial charge in [0.25, 0.3) is 5.69 Å². The number of rotatable bonds is 3. The molecule has 1 unspecified atom stereocenters. The summed E-state index contributed by atoms with van der Waals surface area (Å²) in [6.07, 6.45) is -1.12. The average Bonchev–Trinajstić information content (AvgIpc) is 2.16. The first-order chi connectivity index (χ1) is 6.57. The van der Waals surface area contributed by atoms with Gasteiger partial charge in [0.1, 0.15) is 6.10 Å². The van der Waals surface area contributed by atoms with Crippen molar-refractivity contribution in [3.63, 3.8) is 0 Å². The van der Waals surface area contributed by atoms with E-state index in [2.05, 4.69) is 0 Å². The van der Waals surface area contributed by atoms with Crippen molar-refractivity contribution < 1.29 is 10.0 Å². The number of nitrogens with zero attached hydrogens (tertiary/aromatic N) is 1. The lowest BCUT2D eigenvalue weighted by atomic mass is 10.1. The summed E-state index contributed by atoms with van der Waals surface area (Å²) >= 11 is 11.1. The molecule has 0 radical (unpaired) electrons. The van der Waals surface area contributed by atoms with Gasteiger partial charge < -0.3 is 5.11 Å². The van der Waals surface area contributed by atoms with Gasteiger partial charge in [-0.15, -0.1) is 11.6 Å². The van der Waals surface area contributed by atoms with Crippen LogP contribution in [0.15, 0.2) is 18.2 Å². The lowest BCUT2D eigenvalue weighted by Gasteiger charge is -2.09. The van der Waals surface area contributed by atoms with Crippen LogP contribution in [0, 0.1) is 10.1 Å². The zero-order valence-corrected chi connectivity index (χ0v) is 8.50. The number of aliphatic hydroxyl groups is 1. The van der Waals surface area contributed by atoms with Crippen molar-refractivity contribution in [2.24, 2.45) is 0 Å². The van der Waals surface area contributed by atoms with E-state index in [1.54, 1.807) is 0 Å². The summed E-state index contributed by atoms with van der Waals surface area (Å²) in [7, 11) is 0. The Morgan fingerprint density at radius 3 is 2.71 bits per heavy atom. The zero-order valence-electron chi connectivity index (χ0n) is 6.98. The Bertz CT molecular complexity index is 356. The Kier molecular flexibility index (Phi) is 3.69. The molecule has 0 aliphatic rings. The highest BCUT2D eigenvalue weighted by atomic mass is 35.5. The van der Waals surface area contributed by atoms with Gasteiger partial charge in [-0.25, -0.2) is 0 Å². The molecule has 0 aliphatic heterocycles. The van der Waals surface area contributed by atoms with E-state index in [1.807, 2.05) is 0 Å². The summed E-state index contributed by atoms with van der Waals surface area (Å²) in [4.78, 5) is 9.99. The fraction of sp³-hybridized carbons (Fsp3) is 0.250. The van der Waals surface area contributed by atoms with E-state index < -0.39 is 11.0 Å². The lowest BCUT2D eigenvalue weighted by molar-refractivity contribution is -0.386. The predicted octanol–water partition coefficient (Wildman–Crippen LogP) is 2.52. The zero-order chi connectivity index (χ0) is 10.7. The van der Waals surface area contributed by atoms with Gasteiger partial charge in [0, 0.05) is 6.07 Å². The molecule has 0 saturated heterocycles. The first-order valence-corrected chi connectivity index (χ1v) is 4.66. The molecule has 0 fully saturated rings. The molecule has 1 rings (SSSR count). The van der Waals surface area contributed by atoms with E-state index in [0.717, 1.165) is 0 Å². The van der Waals surface area contributed by atoms with E-state index in [1.165, 1.54) is 18.2 Å². The molecule has 0 aliphatic carbocycles.